The second kappa shape index (κ2) is 8.09. The van der Waals surface area contributed by atoms with E-state index in [1.807, 2.05) is 49.5 Å². The zero-order valence-corrected chi connectivity index (χ0v) is 15.4. The Labute approximate surface area is 151 Å². The third kappa shape index (κ3) is 4.35. The van der Waals surface area contributed by atoms with Crippen LogP contribution in [0.5, 0.6) is 11.5 Å². The predicted molar refractivity (Wildman–Crippen MR) is 100 cm³/mol. The summed E-state index contributed by atoms with van der Waals surface area (Å²) >= 11 is 1.66. The Hall–Kier alpha value is -2.44. The summed E-state index contributed by atoms with van der Waals surface area (Å²) < 4.78 is 10.6. The molecule has 0 fully saturated rings. The lowest BCUT2D eigenvalue weighted by Gasteiger charge is -2.09. The molecule has 1 N–H and O–H groups in total. The van der Waals surface area contributed by atoms with E-state index in [2.05, 4.69) is 15.3 Å². The van der Waals surface area contributed by atoms with Gasteiger partial charge in [0.25, 0.3) is 0 Å². The van der Waals surface area contributed by atoms with Gasteiger partial charge in [-0.1, -0.05) is 12.1 Å². The van der Waals surface area contributed by atoms with E-state index in [0.717, 1.165) is 44.9 Å². The van der Waals surface area contributed by atoms with Gasteiger partial charge in [0, 0.05) is 25.0 Å². The largest absolute Gasteiger partial charge is 0.493 e. The van der Waals surface area contributed by atoms with Crippen molar-refractivity contribution >= 4 is 11.3 Å². The summed E-state index contributed by atoms with van der Waals surface area (Å²) in [4.78, 5) is 10.1. The van der Waals surface area contributed by atoms with Crippen molar-refractivity contribution in [3.05, 3.63) is 58.9 Å². The minimum absolute atomic E-state index is 0.713. The van der Waals surface area contributed by atoms with Crippen LogP contribution in [-0.2, 0) is 13.1 Å². The van der Waals surface area contributed by atoms with Crippen LogP contribution in [0.2, 0.25) is 0 Å². The molecule has 0 bridgehead atoms. The summed E-state index contributed by atoms with van der Waals surface area (Å²) in [5.41, 5.74) is 3.12. The van der Waals surface area contributed by atoms with E-state index in [1.165, 1.54) is 0 Å². The summed E-state index contributed by atoms with van der Waals surface area (Å²) in [5.74, 6) is 1.48. The third-order valence-corrected chi connectivity index (χ3v) is 4.77. The Morgan fingerprint density at radius 1 is 1.04 bits per heavy atom. The number of benzene rings is 1. The summed E-state index contributed by atoms with van der Waals surface area (Å²) in [7, 11) is 3.28. The molecule has 2 heterocycles. The monoisotopic (exact) mass is 355 g/mol. The Kier molecular flexibility index (Phi) is 5.63. The molecule has 0 radical (unpaired) electrons. The van der Waals surface area contributed by atoms with Crippen LogP contribution in [0.4, 0.5) is 0 Å². The van der Waals surface area contributed by atoms with Gasteiger partial charge >= 0.3 is 0 Å². The SMILES string of the molecule is COc1ccc(CNCc2ncc(-c3cccc(C)n3)s2)cc1OC. The highest BCUT2D eigenvalue weighted by Crippen LogP contribution is 2.28. The molecule has 6 heteroatoms. The summed E-state index contributed by atoms with van der Waals surface area (Å²) in [6.45, 7) is 3.44. The van der Waals surface area contributed by atoms with Crippen molar-refractivity contribution in [1.29, 1.82) is 0 Å². The fraction of sp³-hybridized carbons (Fsp3) is 0.263. The van der Waals surface area contributed by atoms with Gasteiger partial charge in [-0.15, -0.1) is 11.3 Å². The van der Waals surface area contributed by atoms with Crippen LogP contribution in [0.25, 0.3) is 10.6 Å². The van der Waals surface area contributed by atoms with Crippen molar-refractivity contribution in [1.82, 2.24) is 15.3 Å². The number of aromatic nitrogens is 2. The molecule has 0 saturated carbocycles. The average Bonchev–Trinajstić information content (AvgIpc) is 3.10. The normalized spacial score (nSPS) is 10.7. The number of pyridine rings is 1. The lowest BCUT2D eigenvalue weighted by molar-refractivity contribution is 0.354. The molecule has 130 valence electrons. The van der Waals surface area contributed by atoms with Crippen molar-refractivity contribution in [2.24, 2.45) is 0 Å². The molecule has 5 nitrogen and oxygen atoms in total. The molecule has 25 heavy (non-hydrogen) atoms. The van der Waals surface area contributed by atoms with Crippen molar-refractivity contribution in [3.63, 3.8) is 0 Å². The summed E-state index contributed by atoms with van der Waals surface area (Å²) in [5, 5.41) is 4.45. The molecule has 3 rings (SSSR count). The van der Waals surface area contributed by atoms with Crippen LogP contribution >= 0.6 is 11.3 Å². The highest BCUT2D eigenvalue weighted by Gasteiger charge is 2.07. The van der Waals surface area contributed by atoms with Crippen LogP contribution in [0, 0.1) is 6.92 Å². The molecular weight excluding hydrogens is 334 g/mol. The van der Waals surface area contributed by atoms with Gasteiger partial charge in [-0.2, -0.15) is 0 Å². The lowest BCUT2D eigenvalue weighted by Crippen LogP contribution is -2.12. The number of nitrogens with one attached hydrogen (secondary N) is 1. The maximum absolute atomic E-state index is 5.33. The minimum Gasteiger partial charge on any atom is -0.493 e. The molecule has 0 atom stereocenters. The predicted octanol–water partition coefficient (Wildman–Crippen LogP) is 3.82. The zero-order valence-electron chi connectivity index (χ0n) is 14.6. The van der Waals surface area contributed by atoms with Crippen LogP contribution in [0.15, 0.2) is 42.6 Å². The van der Waals surface area contributed by atoms with Gasteiger partial charge < -0.3 is 14.8 Å². The standard InChI is InChI=1S/C19H21N3O2S/c1-13-5-4-6-15(22-13)18-11-21-19(25-18)12-20-10-14-7-8-16(23-2)17(9-14)24-3/h4-9,11,20H,10,12H2,1-3H3. The first-order chi connectivity index (χ1) is 12.2. The number of hydrogen-bond acceptors (Lipinski definition) is 6. The van der Waals surface area contributed by atoms with E-state index < -0.39 is 0 Å². The van der Waals surface area contributed by atoms with Crippen molar-refractivity contribution in [2.75, 3.05) is 14.2 Å². The maximum Gasteiger partial charge on any atom is 0.161 e. The summed E-state index contributed by atoms with van der Waals surface area (Å²) in [6.07, 6.45) is 1.89. The molecule has 0 aliphatic carbocycles. The second-order valence-electron chi connectivity index (χ2n) is 5.58. The Morgan fingerprint density at radius 3 is 2.64 bits per heavy atom. The van der Waals surface area contributed by atoms with Crippen LogP contribution < -0.4 is 14.8 Å². The van der Waals surface area contributed by atoms with Crippen molar-refractivity contribution < 1.29 is 9.47 Å². The minimum atomic E-state index is 0.713. The van der Waals surface area contributed by atoms with Gasteiger partial charge in [0.2, 0.25) is 0 Å². The fourth-order valence-corrected chi connectivity index (χ4v) is 3.35. The summed E-state index contributed by atoms with van der Waals surface area (Å²) in [6, 6.07) is 12.0. The second-order valence-corrected chi connectivity index (χ2v) is 6.69. The van der Waals surface area contributed by atoms with Gasteiger partial charge in [0.1, 0.15) is 5.01 Å². The average molecular weight is 355 g/mol. The third-order valence-electron chi connectivity index (χ3n) is 3.75. The lowest BCUT2D eigenvalue weighted by atomic mass is 10.2. The molecule has 1 aromatic carbocycles. The molecule has 0 aliphatic rings. The number of rotatable bonds is 7. The van der Waals surface area contributed by atoms with Crippen LogP contribution in [0.1, 0.15) is 16.3 Å². The van der Waals surface area contributed by atoms with Crippen LogP contribution in [-0.4, -0.2) is 24.2 Å². The smallest absolute Gasteiger partial charge is 0.161 e. The number of hydrogen-bond donors (Lipinski definition) is 1. The van der Waals surface area contributed by atoms with E-state index in [0.29, 0.717) is 6.54 Å². The molecule has 0 saturated heterocycles. The van der Waals surface area contributed by atoms with E-state index in [9.17, 15) is 0 Å². The van der Waals surface area contributed by atoms with Gasteiger partial charge in [-0.25, -0.2) is 4.98 Å². The Morgan fingerprint density at radius 2 is 1.88 bits per heavy atom. The van der Waals surface area contributed by atoms with Gasteiger partial charge in [0.05, 0.1) is 24.8 Å². The molecule has 0 amide bonds. The van der Waals surface area contributed by atoms with E-state index in [1.54, 1.807) is 25.6 Å². The molecule has 3 aromatic rings. The van der Waals surface area contributed by atoms with Gasteiger partial charge in [-0.3, -0.25) is 4.98 Å². The molecule has 0 spiro atoms. The molecule has 2 aromatic heterocycles. The first kappa shape index (κ1) is 17.4. The highest BCUT2D eigenvalue weighted by molar-refractivity contribution is 7.15. The molecular formula is C19H21N3O2S. The highest BCUT2D eigenvalue weighted by atomic mass is 32.1. The van der Waals surface area contributed by atoms with E-state index in [-0.39, 0.29) is 0 Å². The van der Waals surface area contributed by atoms with Crippen LogP contribution in [0.3, 0.4) is 0 Å². The van der Waals surface area contributed by atoms with Gasteiger partial charge in [0.15, 0.2) is 11.5 Å². The van der Waals surface area contributed by atoms with Crippen molar-refractivity contribution in [3.8, 4) is 22.1 Å². The number of nitrogens with zero attached hydrogens (tertiary/aromatic N) is 2. The number of aryl methyl sites for hydroxylation is 1. The topological polar surface area (TPSA) is 56.3 Å². The zero-order chi connectivity index (χ0) is 17.6. The van der Waals surface area contributed by atoms with E-state index in [4.69, 9.17) is 9.47 Å². The number of ether oxygens (including phenoxy) is 2. The number of methoxy groups -OCH3 is 2. The van der Waals surface area contributed by atoms with E-state index >= 15 is 0 Å². The Balaban J connectivity index is 1.60. The Bertz CT molecular complexity index is 848. The van der Waals surface area contributed by atoms with Crippen molar-refractivity contribution in [2.45, 2.75) is 20.0 Å². The van der Waals surface area contributed by atoms with Gasteiger partial charge in [-0.05, 0) is 36.8 Å². The first-order valence-electron chi connectivity index (χ1n) is 8.00. The first-order valence-corrected chi connectivity index (χ1v) is 8.81. The molecule has 0 unspecified atom stereocenters. The number of thiazole rings is 1. The quantitative estimate of drug-likeness (QED) is 0.698. The fourth-order valence-electron chi connectivity index (χ4n) is 2.50. The molecule has 0 aliphatic heterocycles. The maximum atomic E-state index is 5.33.